The Morgan fingerprint density at radius 2 is 1.67 bits per heavy atom. The standard InChI is InChI=1S/C26H25N5O4S/c1-34-14-4-6-20-16(10-14)18(12-29-20)22-23(25(33)30-24(22)32)19-13-31(8-3-9-36-26(27)28)21-7-5-15(35-2)11-17(19)21/h4-7,10-13,29H,3,8-9H2,1-2H3,(H3,27,28)(H,30,32,33). The molecule has 0 fully saturated rings. The molecule has 1 aliphatic heterocycles. The number of amidine groups is 1. The monoisotopic (exact) mass is 503 g/mol. The molecule has 9 nitrogen and oxygen atoms in total. The number of nitrogens with zero attached hydrogens (tertiary/aromatic N) is 1. The van der Waals surface area contributed by atoms with E-state index in [0.29, 0.717) is 46.1 Å². The number of benzene rings is 2. The van der Waals surface area contributed by atoms with Gasteiger partial charge in [-0.1, -0.05) is 11.8 Å². The number of carbonyl (C=O) groups excluding carboxylic acids is 2. The van der Waals surface area contributed by atoms with E-state index in [9.17, 15) is 9.59 Å². The van der Waals surface area contributed by atoms with Gasteiger partial charge < -0.3 is 24.8 Å². The van der Waals surface area contributed by atoms with Crippen LogP contribution in [0.15, 0.2) is 48.8 Å². The lowest BCUT2D eigenvalue weighted by Gasteiger charge is -2.06. The molecule has 0 saturated heterocycles. The van der Waals surface area contributed by atoms with E-state index < -0.39 is 11.8 Å². The summed E-state index contributed by atoms with van der Waals surface area (Å²) in [5.41, 5.74) is 9.12. The van der Waals surface area contributed by atoms with Gasteiger partial charge in [0, 0.05) is 57.6 Å². The molecule has 0 saturated carbocycles. The molecule has 2 aromatic carbocycles. The molecule has 0 radical (unpaired) electrons. The van der Waals surface area contributed by atoms with Gasteiger partial charge in [-0.2, -0.15) is 0 Å². The molecule has 1 aliphatic rings. The van der Waals surface area contributed by atoms with Gasteiger partial charge >= 0.3 is 0 Å². The smallest absolute Gasteiger partial charge is 0.259 e. The van der Waals surface area contributed by atoms with Crippen molar-refractivity contribution in [2.45, 2.75) is 13.0 Å². The first kappa shape index (κ1) is 23.6. The second kappa shape index (κ2) is 9.46. The summed E-state index contributed by atoms with van der Waals surface area (Å²) in [5, 5.41) is 11.6. The number of H-pyrrole nitrogens is 1. The number of ether oxygens (including phenoxy) is 2. The number of methoxy groups -OCH3 is 2. The predicted octanol–water partition coefficient (Wildman–Crippen LogP) is 3.72. The molecule has 0 unspecified atom stereocenters. The van der Waals surface area contributed by atoms with Crippen LogP contribution >= 0.6 is 11.8 Å². The van der Waals surface area contributed by atoms with Crippen molar-refractivity contribution in [3.8, 4) is 11.5 Å². The Labute approximate surface area is 211 Å². The molecule has 2 aromatic heterocycles. The molecule has 2 amide bonds. The fraction of sp³-hybridized carbons (Fsp3) is 0.192. The van der Waals surface area contributed by atoms with E-state index >= 15 is 0 Å². The van der Waals surface area contributed by atoms with Crippen LogP contribution in [0, 0.1) is 5.41 Å². The van der Waals surface area contributed by atoms with Crippen LogP contribution in [0.1, 0.15) is 17.5 Å². The normalized spacial score (nSPS) is 13.6. The third kappa shape index (κ3) is 4.09. The molecule has 0 atom stereocenters. The fourth-order valence-corrected chi connectivity index (χ4v) is 5.10. The van der Waals surface area contributed by atoms with Gasteiger partial charge in [-0.3, -0.25) is 20.3 Å². The summed E-state index contributed by atoms with van der Waals surface area (Å²) >= 11 is 1.29. The second-order valence-corrected chi connectivity index (χ2v) is 9.47. The Kier molecular flexibility index (Phi) is 6.19. The van der Waals surface area contributed by atoms with Gasteiger partial charge in [0.15, 0.2) is 5.17 Å². The Bertz CT molecular complexity index is 1570. The van der Waals surface area contributed by atoms with Crippen LogP contribution in [-0.4, -0.2) is 46.5 Å². The van der Waals surface area contributed by atoms with Gasteiger partial charge in [0.05, 0.1) is 25.4 Å². The molecule has 5 rings (SSSR count). The largest absolute Gasteiger partial charge is 0.497 e. The first-order valence-electron chi connectivity index (χ1n) is 11.3. The highest BCUT2D eigenvalue weighted by molar-refractivity contribution is 8.13. The SMILES string of the molecule is COc1ccc2[nH]cc(C3=C(c4cn(CCCSC(=N)N)c5ccc(OC)cc45)C(=O)NC3=O)c2c1. The van der Waals surface area contributed by atoms with Crippen molar-refractivity contribution in [1.29, 1.82) is 5.41 Å². The number of aryl methyl sites for hydroxylation is 1. The maximum absolute atomic E-state index is 13.2. The number of rotatable bonds is 8. The topological polar surface area (TPSA) is 135 Å². The zero-order chi connectivity index (χ0) is 25.4. The first-order valence-corrected chi connectivity index (χ1v) is 12.3. The first-order chi connectivity index (χ1) is 17.4. The van der Waals surface area contributed by atoms with Crippen LogP contribution in [0.5, 0.6) is 11.5 Å². The number of nitrogens with one attached hydrogen (secondary N) is 3. The average Bonchev–Trinajstić information content (AvgIpc) is 3.53. The van der Waals surface area contributed by atoms with Crippen LogP contribution < -0.4 is 20.5 Å². The van der Waals surface area contributed by atoms with E-state index in [1.807, 2.05) is 42.6 Å². The van der Waals surface area contributed by atoms with Crippen molar-refractivity contribution in [3.63, 3.8) is 0 Å². The lowest BCUT2D eigenvalue weighted by atomic mass is 9.95. The predicted molar refractivity (Wildman–Crippen MR) is 142 cm³/mol. The highest BCUT2D eigenvalue weighted by atomic mass is 32.2. The molecule has 4 aromatic rings. The van der Waals surface area contributed by atoms with E-state index in [-0.39, 0.29) is 5.17 Å². The molecule has 10 heteroatoms. The van der Waals surface area contributed by atoms with Crippen molar-refractivity contribution in [2.24, 2.45) is 5.73 Å². The van der Waals surface area contributed by atoms with E-state index in [4.69, 9.17) is 20.6 Å². The highest BCUT2D eigenvalue weighted by Gasteiger charge is 2.35. The molecular formula is C26H25N5O4S. The van der Waals surface area contributed by atoms with Gasteiger partial charge in [0.25, 0.3) is 11.8 Å². The van der Waals surface area contributed by atoms with E-state index in [1.54, 1.807) is 20.4 Å². The average molecular weight is 504 g/mol. The van der Waals surface area contributed by atoms with Crippen LogP contribution in [-0.2, 0) is 16.1 Å². The van der Waals surface area contributed by atoms with E-state index in [1.165, 1.54) is 11.8 Å². The summed E-state index contributed by atoms with van der Waals surface area (Å²) in [7, 11) is 3.17. The quantitative estimate of drug-likeness (QED) is 0.125. The summed E-state index contributed by atoms with van der Waals surface area (Å²) in [6.45, 7) is 0.658. The van der Waals surface area contributed by atoms with Gasteiger partial charge in [0.1, 0.15) is 11.5 Å². The Balaban J connectivity index is 1.69. The molecule has 0 aliphatic carbocycles. The third-order valence-corrected chi connectivity index (χ3v) is 7.05. The van der Waals surface area contributed by atoms with Crippen molar-refractivity contribution in [3.05, 3.63) is 59.9 Å². The number of thioether (sulfide) groups is 1. The summed E-state index contributed by atoms with van der Waals surface area (Å²) in [6.07, 6.45) is 4.43. The molecule has 0 spiro atoms. The lowest BCUT2D eigenvalue weighted by Crippen LogP contribution is -2.22. The summed E-state index contributed by atoms with van der Waals surface area (Å²) in [5.74, 6) is 1.11. The number of imide groups is 1. The van der Waals surface area contributed by atoms with E-state index in [2.05, 4.69) is 14.9 Å². The molecule has 0 bridgehead atoms. The number of amides is 2. The zero-order valence-corrected chi connectivity index (χ0v) is 20.6. The maximum Gasteiger partial charge on any atom is 0.259 e. The van der Waals surface area contributed by atoms with Crippen molar-refractivity contribution < 1.29 is 19.1 Å². The Morgan fingerprint density at radius 1 is 1.00 bits per heavy atom. The van der Waals surface area contributed by atoms with Crippen LogP contribution in [0.3, 0.4) is 0 Å². The van der Waals surface area contributed by atoms with Gasteiger partial charge in [-0.15, -0.1) is 0 Å². The summed E-state index contributed by atoms with van der Waals surface area (Å²) < 4.78 is 12.9. The Morgan fingerprint density at radius 3 is 2.36 bits per heavy atom. The Hall–Kier alpha value is -4.18. The highest BCUT2D eigenvalue weighted by Crippen LogP contribution is 2.39. The number of fused-ring (bicyclic) bond motifs is 2. The summed E-state index contributed by atoms with van der Waals surface area (Å²) in [4.78, 5) is 29.5. The van der Waals surface area contributed by atoms with Crippen molar-refractivity contribution >= 4 is 61.7 Å². The van der Waals surface area contributed by atoms with E-state index in [0.717, 1.165) is 28.2 Å². The second-order valence-electron chi connectivity index (χ2n) is 8.33. The number of aromatic amines is 1. The number of hydrogen-bond donors (Lipinski definition) is 4. The van der Waals surface area contributed by atoms with Crippen molar-refractivity contribution in [2.75, 3.05) is 20.0 Å². The minimum absolute atomic E-state index is 0.0871. The molecular weight excluding hydrogens is 478 g/mol. The molecule has 5 N–H and O–H groups in total. The molecule has 3 heterocycles. The van der Waals surface area contributed by atoms with Gasteiger partial charge in [-0.05, 0) is 42.8 Å². The fourth-order valence-electron chi connectivity index (χ4n) is 4.61. The number of aromatic nitrogens is 2. The zero-order valence-electron chi connectivity index (χ0n) is 19.8. The lowest BCUT2D eigenvalue weighted by molar-refractivity contribution is -0.122. The number of carbonyl (C=O) groups is 2. The van der Waals surface area contributed by atoms with Gasteiger partial charge in [0.2, 0.25) is 0 Å². The third-order valence-electron chi connectivity index (χ3n) is 6.25. The van der Waals surface area contributed by atoms with Gasteiger partial charge in [-0.25, -0.2) is 0 Å². The minimum atomic E-state index is -0.444. The van der Waals surface area contributed by atoms with Crippen molar-refractivity contribution in [1.82, 2.24) is 14.9 Å². The van der Waals surface area contributed by atoms with Crippen LogP contribution in [0.4, 0.5) is 0 Å². The van der Waals surface area contributed by atoms with Crippen LogP contribution in [0.25, 0.3) is 33.0 Å². The molecule has 184 valence electrons. The number of hydrogen-bond acceptors (Lipinski definition) is 6. The molecule has 36 heavy (non-hydrogen) atoms. The van der Waals surface area contributed by atoms with Crippen LogP contribution in [0.2, 0.25) is 0 Å². The maximum atomic E-state index is 13.2. The number of nitrogens with two attached hydrogens (primary N) is 1. The summed E-state index contributed by atoms with van der Waals surface area (Å²) in [6, 6.07) is 11.3. The minimum Gasteiger partial charge on any atom is -0.497 e.